The summed E-state index contributed by atoms with van der Waals surface area (Å²) in [5.41, 5.74) is 1.27. The second-order valence-electron chi connectivity index (χ2n) is 5.53. The fraction of sp³-hybridized carbons (Fsp3) is 0.786. The summed E-state index contributed by atoms with van der Waals surface area (Å²) < 4.78 is 2.38. The largest absolute Gasteiger partial charge is 0.396 e. The van der Waals surface area contributed by atoms with Crippen molar-refractivity contribution in [2.75, 3.05) is 18.1 Å². The highest BCUT2D eigenvalue weighted by molar-refractivity contribution is 7.99. The van der Waals surface area contributed by atoms with Crippen molar-refractivity contribution in [1.29, 1.82) is 0 Å². The Morgan fingerprint density at radius 2 is 2.17 bits per heavy atom. The third-order valence-corrected chi connectivity index (χ3v) is 5.40. The van der Waals surface area contributed by atoms with Gasteiger partial charge in [-0.3, -0.25) is 0 Å². The molecule has 0 aliphatic carbocycles. The molecule has 1 atom stereocenters. The first-order valence-corrected chi connectivity index (χ1v) is 8.27. The SMILES string of the molecule is OCC1CCCn2c1cnc2CC1CCSCC1. The number of hydrogen-bond donors (Lipinski definition) is 1. The first-order chi connectivity index (χ1) is 8.88. The normalized spacial score (nSPS) is 25.1. The van der Waals surface area contributed by atoms with Crippen molar-refractivity contribution in [3.63, 3.8) is 0 Å². The fourth-order valence-electron chi connectivity index (χ4n) is 3.21. The number of thioether (sulfide) groups is 1. The van der Waals surface area contributed by atoms with Gasteiger partial charge in [-0.25, -0.2) is 4.98 Å². The summed E-state index contributed by atoms with van der Waals surface area (Å²) >= 11 is 2.08. The van der Waals surface area contributed by atoms with Gasteiger partial charge in [0.25, 0.3) is 0 Å². The number of aromatic nitrogens is 2. The Morgan fingerprint density at radius 3 is 2.94 bits per heavy atom. The predicted octanol–water partition coefficient (Wildman–Crippen LogP) is 2.44. The van der Waals surface area contributed by atoms with Crippen molar-refractivity contribution in [3.8, 4) is 0 Å². The molecule has 1 saturated heterocycles. The number of rotatable bonds is 3. The fourth-order valence-corrected chi connectivity index (χ4v) is 4.42. The summed E-state index contributed by atoms with van der Waals surface area (Å²) in [6.45, 7) is 1.37. The molecule has 2 aliphatic heterocycles. The highest BCUT2D eigenvalue weighted by Crippen LogP contribution is 2.30. The van der Waals surface area contributed by atoms with Crippen LogP contribution in [0.2, 0.25) is 0 Å². The molecule has 2 aliphatic rings. The first-order valence-electron chi connectivity index (χ1n) is 7.11. The highest BCUT2D eigenvalue weighted by Gasteiger charge is 2.24. The van der Waals surface area contributed by atoms with E-state index in [1.165, 1.54) is 42.3 Å². The van der Waals surface area contributed by atoms with Crippen LogP contribution in [0.25, 0.3) is 0 Å². The second kappa shape index (κ2) is 5.66. The van der Waals surface area contributed by atoms with Crippen LogP contribution in [0, 0.1) is 5.92 Å². The Hall–Kier alpha value is -0.480. The van der Waals surface area contributed by atoms with Gasteiger partial charge < -0.3 is 9.67 Å². The van der Waals surface area contributed by atoms with Crippen molar-refractivity contribution >= 4 is 11.8 Å². The van der Waals surface area contributed by atoms with E-state index in [4.69, 9.17) is 0 Å². The third-order valence-electron chi connectivity index (χ3n) is 4.35. The molecule has 1 aromatic rings. The van der Waals surface area contributed by atoms with Gasteiger partial charge in [0, 0.05) is 30.8 Å². The average molecular weight is 266 g/mol. The van der Waals surface area contributed by atoms with E-state index in [1.807, 2.05) is 6.20 Å². The van der Waals surface area contributed by atoms with Crippen LogP contribution in [0.1, 0.15) is 43.1 Å². The summed E-state index contributed by atoms with van der Waals surface area (Å²) in [7, 11) is 0. The molecular formula is C14H22N2OS. The van der Waals surface area contributed by atoms with Crippen LogP contribution < -0.4 is 0 Å². The lowest BCUT2D eigenvalue weighted by Crippen LogP contribution is -2.21. The van der Waals surface area contributed by atoms with E-state index in [1.54, 1.807) is 0 Å². The number of fused-ring (bicyclic) bond motifs is 1. The Morgan fingerprint density at radius 1 is 1.33 bits per heavy atom. The van der Waals surface area contributed by atoms with E-state index in [0.29, 0.717) is 5.92 Å². The van der Waals surface area contributed by atoms with Crippen molar-refractivity contribution in [2.45, 2.75) is 44.6 Å². The van der Waals surface area contributed by atoms with E-state index in [0.717, 1.165) is 25.3 Å². The molecule has 1 aromatic heterocycles. The zero-order valence-corrected chi connectivity index (χ0v) is 11.7. The maximum absolute atomic E-state index is 9.42. The Kier molecular flexibility index (Phi) is 3.94. The predicted molar refractivity (Wildman–Crippen MR) is 75.0 cm³/mol. The number of aliphatic hydroxyl groups excluding tert-OH is 1. The molecule has 0 aromatic carbocycles. The van der Waals surface area contributed by atoms with E-state index < -0.39 is 0 Å². The van der Waals surface area contributed by atoms with E-state index in [9.17, 15) is 5.11 Å². The van der Waals surface area contributed by atoms with Gasteiger partial charge in [0.15, 0.2) is 0 Å². The zero-order valence-electron chi connectivity index (χ0n) is 10.8. The number of hydrogen-bond acceptors (Lipinski definition) is 3. The van der Waals surface area contributed by atoms with Gasteiger partial charge in [-0.15, -0.1) is 0 Å². The van der Waals surface area contributed by atoms with Crippen LogP contribution in [-0.4, -0.2) is 32.8 Å². The van der Waals surface area contributed by atoms with Gasteiger partial charge in [0.05, 0.1) is 6.61 Å². The number of nitrogens with zero attached hydrogens (tertiary/aromatic N) is 2. The second-order valence-corrected chi connectivity index (χ2v) is 6.76. The van der Waals surface area contributed by atoms with Crippen LogP contribution in [0.15, 0.2) is 6.20 Å². The third kappa shape index (κ3) is 2.45. The van der Waals surface area contributed by atoms with E-state index in [2.05, 4.69) is 21.3 Å². The molecule has 3 heterocycles. The van der Waals surface area contributed by atoms with E-state index >= 15 is 0 Å². The minimum Gasteiger partial charge on any atom is -0.396 e. The van der Waals surface area contributed by atoms with Gasteiger partial charge >= 0.3 is 0 Å². The molecule has 1 N–H and O–H groups in total. The first kappa shape index (κ1) is 12.5. The van der Waals surface area contributed by atoms with Crippen molar-refractivity contribution < 1.29 is 5.11 Å². The molecular weight excluding hydrogens is 244 g/mol. The molecule has 0 radical (unpaired) electrons. The molecule has 1 unspecified atom stereocenters. The molecule has 0 spiro atoms. The summed E-state index contributed by atoms with van der Waals surface area (Å²) in [5, 5.41) is 9.42. The maximum atomic E-state index is 9.42. The smallest absolute Gasteiger partial charge is 0.109 e. The van der Waals surface area contributed by atoms with Crippen LogP contribution in [0.3, 0.4) is 0 Å². The quantitative estimate of drug-likeness (QED) is 0.913. The highest BCUT2D eigenvalue weighted by atomic mass is 32.2. The molecule has 3 nitrogen and oxygen atoms in total. The Bertz CT molecular complexity index is 398. The van der Waals surface area contributed by atoms with Gasteiger partial charge in [0.2, 0.25) is 0 Å². The van der Waals surface area contributed by atoms with Crippen LogP contribution in [0.5, 0.6) is 0 Å². The Labute approximate surface area is 113 Å². The standard InChI is InChI=1S/C14H22N2OS/c17-10-12-2-1-5-16-13(12)9-15-14(16)8-11-3-6-18-7-4-11/h9,11-12,17H,1-8,10H2. The lowest BCUT2D eigenvalue weighted by Gasteiger charge is -2.25. The molecule has 18 heavy (non-hydrogen) atoms. The topological polar surface area (TPSA) is 38.0 Å². The van der Waals surface area contributed by atoms with Gasteiger partial charge in [0.1, 0.15) is 5.82 Å². The summed E-state index contributed by atoms with van der Waals surface area (Å²) in [6, 6.07) is 0. The molecule has 1 fully saturated rings. The lowest BCUT2D eigenvalue weighted by atomic mass is 9.96. The molecule has 3 rings (SSSR count). The number of aliphatic hydroxyl groups is 1. The van der Waals surface area contributed by atoms with Gasteiger partial charge in [-0.05, 0) is 43.1 Å². The van der Waals surface area contributed by atoms with E-state index in [-0.39, 0.29) is 6.61 Å². The molecule has 100 valence electrons. The van der Waals surface area contributed by atoms with Crippen LogP contribution >= 0.6 is 11.8 Å². The minimum atomic E-state index is 0.269. The van der Waals surface area contributed by atoms with Crippen molar-refractivity contribution in [3.05, 3.63) is 17.7 Å². The van der Waals surface area contributed by atoms with Crippen LogP contribution in [0.4, 0.5) is 0 Å². The zero-order chi connectivity index (χ0) is 12.4. The molecule has 0 saturated carbocycles. The van der Waals surface area contributed by atoms with Crippen molar-refractivity contribution in [2.24, 2.45) is 5.92 Å². The van der Waals surface area contributed by atoms with Crippen molar-refractivity contribution in [1.82, 2.24) is 9.55 Å². The molecule has 0 bridgehead atoms. The number of imidazole rings is 1. The summed E-state index contributed by atoms with van der Waals surface area (Å²) in [5.74, 6) is 5.05. The molecule has 0 amide bonds. The summed E-state index contributed by atoms with van der Waals surface area (Å²) in [6.07, 6.45) is 8.13. The van der Waals surface area contributed by atoms with Gasteiger partial charge in [-0.2, -0.15) is 11.8 Å². The lowest BCUT2D eigenvalue weighted by molar-refractivity contribution is 0.240. The Balaban J connectivity index is 1.74. The van der Waals surface area contributed by atoms with Crippen LogP contribution in [-0.2, 0) is 13.0 Å². The van der Waals surface area contributed by atoms with Gasteiger partial charge in [-0.1, -0.05) is 0 Å². The average Bonchev–Trinajstić information content (AvgIpc) is 2.83. The monoisotopic (exact) mass is 266 g/mol. The maximum Gasteiger partial charge on any atom is 0.109 e. The summed E-state index contributed by atoms with van der Waals surface area (Å²) in [4.78, 5) is 4.64. The minimum absolute atomic E-state index is 0.269. The molecule has 4 heteroatoms.